The molecule has 142 valence electrons. The monoisotopic (exact) mass is 376 g/mol. The molecule has 0 fully saturated rings. The van der Waals surface area contributed by atoms with Crippen molar-refractivity contribution in [2.45, 2.75) is 32.5 Å². The number of hydrogen-bond acceptors (Lipinski definition) is 3. The van der Waals surface area contributed by atoms with E-state index in [1.165, 1.54) is 6.08 Å². The molecule has 0 bridgehead atoms. The number of hydrogen-bond donors (Lipinski definition) is 0. The Morgan fingerprint density at radius 3 is 2.44 bits per heavy atom. The van der Waals surface area contributed by atoms with Crippen LogP contribution in [0.3, 0.4) is 0 Å². The van der Waals surface area contributed by atoms with Gasteiger partial charge in [-0.25, -0.2) is 4.79 Å². The third-order valence-electron chi connectivity index (χ3n) is 4.67. The highest BCUT2D eigenvalue weighted by Gasteiger charge is 2.48. The molecule has 2 aromatic carbocycles. The Morgan fingerprint density at radius 1 is 1.11 bits per heavy atom. The summed E-state index contributed by atoms with van der Waals surface area (Å²) >= 11 is 0. The first-order valence-electron chi connectivity index (χ1n) is 8.42. The standard InChI is InChI=1S/C21H19F3O3/c1-12-6-4-5-7-14(12)9-15-11-18-16(8-13(15)2)10-17(20(25)26-3)19(27-18)21(22,23)24/h4-8,10-11,19H,9H2,1-3H3. The molecule has 0 N–H and O–H groups in total. The van der Waals surface area contributed by atoms with E-state index in [1.807, 2.05) is 38.1 Å². The molecule has 3 rings (SSSR count). The van der Waals surface area contributed by atoms with Crippen LogP contribution in [0.4, 0.5) is 13.2 Å². The van der Waals surface area contributed by atoms with Gasteiger partial charge in [-0.1, -0.05) is 24.3 Å². The molecule has 0 saturated carbocycles. The van der Waals surface area contributed by atoms with Gasteiger partial charge >= 0.3 is 12.1 Å². The first kappa shape index (κ1) is 19.0. The average Bonchev–Trinajstić information content (AvgIpc) is 2.61. The van der Waals surface area contributed by atoms with Crippen molar-refractivity contribution in [2.24, 2.45) is 0 Å². The van der Waals surface area contributed by atoms with Crippen LogP contribution in [0.15, 0.2) is 42.0 Å². The summed E-state index contributed by atoms with van der Waals surface area (Å²) in [6, 6.07) is 11.2. The van der Waals surface area contributed by atoms with Gasteiger partial charge in [0.15, 0.2) is 0 Å². The van der Waals surface area contributed by atoms with Crippen molar-refractivity contribution in [3.63, 3.8) is 0 Å². The number of benzene rings is 2. The van der Waals surface area contributed by atoms with Gasteiger partial charge in [0.1, 0.15) is 5.75 Å². The van der Waals surface area contributed by atoms with Crippen molar-refractivity contribution in [3.05, 3.63) is 69.8 Å². The van der Waals surface area contributed by atoms with E-state index < -0.39 is 23.8 Å². The molecular formula is C21H19F3O3. The Balaban J connectivity index is 2.03. The topological polar surface area (TPSA) is 35.5 Å². The van der Waals surface area contributed by atoms with Crippen LogP contribution in [0.1, 0.15) is 27.8 Å². The average molecular weight is 376 g/mol. The van der Waals surface area contributed by atoms with E-state index in [1.54, 1.807) is 12.1 Å². The van der Waals surface area contributed by atoms with Crippen LogP contribution in [-0.4, -0.2) is 25.4 Å². The molecule has 1 unspecified atom stereocenters. The van der Waals surface area contributed by atoms with E-state index in [0.717, 1.165) is 29.4 Å². The molecule has 0 amide bonds. The van der Waals surface area contributed by atoms with Crippen LogP contribution in [0.2, 0.25) is 0 Å². The molecule has 1 atom stereocenters. The summed E-state index contributed by atoms with van der Waals surface area (Å²) in [4.78, 5) is 11.8. The quantitative estimate of drug-likeness (QED) is 0.724. The third kappa shape index (κ3) is 3.84. The molecule has 1 heterocycles. The lowest BCUT2D eigenvalue weighted by molar-refractivity contribution is -0.187. The molecule has 0 radical (unpaired) electrons. The highest BCUT2D eigenvalue weighted by molar-refractivity contribution is 5.96. The molecule has 0 saturated heterocycles. The van der Waals surface area contributed by atoms with Gasteiger partial charge in [-0.15, -0.1) is 0 Å². The lowest BCUT2D eigenvalue weighted by Crippen LogP contribution is -2.40. The molecule has 27 heavy (non-hydrogen) atoms. The molecule has 0 aromatic heterocycles. The fourth-order valence-corrected chi connectivity index (χ4v) is 3.13. The second-order valence-electron chi connectivity index (χ2n) is 6.55. The summed E-state index contributed by atoms with van der Waals surface area (Å²) in [5.41, 5.74) is 3.86. The van der Waals surface area contributed by atoms with Gasteiger partial charge in [0.2, 0.25) is 6.10 Å². The molecular weight excluding hydrogens is 357 g/mol. The van der Waals surface area contributed by atoms with Crippen molar-refractivity contribution in [2.75, 3.05) is 7.11 Å². The Bertz CT molecular complexity index is 913. The van der Waals surface area contributed by atoms with Gasteiger partial charge in [-0.2, -0.15) is 13.2 Å². The molecule has 1 aliphatic heterocycles. The number of esters is 1. The lowest BCUT2D eigenvalue weighted by atomic mass is 9.93. The normalized spacial score (nSPS) is 16.2. The number of ether oxygens (including phenoxy) is 2. The summed E-state index contributed by atoms with van der Waals surface area (Å²) < 4.78 is 49.9. The van der Waals surface area contributed by atoms with Crippen LogP contribution in [0, 0.1) is 13.8 Å². The predicted octanol–water partition coefficient (Wildman–Crippen LogP) is 4.77. The minimum Gasteiger partial charge on any atom is -0.475 e. The van der Waals surface area contributed by atoms with Crippen molar-refractivity contribution in [1.29, 1.82) is 0 Å². The maximum Gasteiger partial charge on any atom is 0.430 e. The van der Waals surface area contributed by atoms with Gasteiger partial charge in [0, 0.05) is 5.56 Å². The Kier molecular flexibility index (Phi) is 5.00. The highest BCUT2D eigenvalue weighted by Crippen LogP contribution is 2.39. The zero-order valence-electron chi connectivity index (χ0n) is 15.2. The number of rotatable bonds is 3. The lowest BCUT2D eigenvalue weighted by Gasteiger charge is -2.28. The third-order valence-corrected chi connectivity index (χ3v) is 4.67. The van der Waals surface area contributed by atoms with Crippen LogP contribution in [0.5, 0.6) is 5.75 Å². The van der Waals surface area contributed by atoms with Crippen LogP contribution < -0.4 is 4.74 Å². The number of methoxy groups -OCH3 is 1. The van der Waals surface area contributed by atoms with E-state index in [-0.39, 0.29) is 5.75 Å². The highest BCUT2D eigenvalue weighted by atomic mass is 19.4. The minimum absolute atomic E-state index is 0.110. The number of alkyl halides is 3. The van der Waals surface area contributed by atoms with Crippen LogP contribution in [-0.2, 0) is 16.0 Å². The fourth-order valence-electron chi connectivity index (χ4n) is 3.13. The number of carbonyl (C=O) groups is 1. The largest absolute Gasteiger partial charge is 0.475 e. The van der Waals surface area contributed by atoms with E-state index in [4.69, 9.17) is 4.74 Å². The summed E-state index contributed by atoms with van der Waals surface area (Å²) in [5.74, 6) is -0.941. The van der Waals surface area contributed by atoms with Gasteiger partial charge < -0.3 is 9.47 Å². The van der Waals surface area contributed by atoms with Crippen molar-refractivity contribution < 1.29 is 27.4 Å². The molecule has 6 heteroatoms. The van der Waals surface area contributed by atoms with E-state index >= 15 is 0 Å². The first-order chi connectivity index (χ1) is 12.7. The Hall–Kier alpha value is -2.76. The summed E-state index contributed by atoms with van der Waals surface area (Å²) in [6.07, 6.45) is -5.28. The summed E-state index contributed by atoms with van der Waals surface area (Å²) in [6.45, 7) is 3.88. The number of halogens is 3. The van der Waals surface area contributed by atoms with E-state index in [0.29, 0.717) is 12.0 Å². The predicted molar refractivity (Wildman–Crippen MR) is 95.6 cm³/mol. The van der Waals surface area contributed by atoms with Gasteiger partial charge in [-0.05, 0) is 60.7 Å². The zero-order valence-corrected chi connectivity index (χ0v) is 15.2. The van der Waals surface area contributed by atoms with E-state index in [2.05, 4.69) is 4.74 Å². The van der Waals surface area contributed by atoms with E-state index in [9.17, 15) is 18.0 Å². The molecule has 0 spiro atoms. The SMILES string of the molecule is COC(=O)C1=Cc2cc(C)c(Cc3ccccc3C)cc2OC1C(F)(F)F. The van der Waals surface area contributed by atoms with Gasteiger partial charge in [0.05, 0.1) is 12.7 Å². The minimum atomic E-state index is -4.72. The van der Waals surface area contributed by atoms with Gasteiger partial charge in [0.25, 0.3) is 0 Å². The van der Waals surface area contributed by atoms with Crippen LogP contribution in [0.25, 0.3) is 6.08 Å². The molecule has 0 aliphatic carbocycles. The molecule has 2 aromatic rings. The maximum atomic E-state index is 13.4. The zero-order chi connectivity index (χ0) is 19.8. The second-order valence-corrected chi connectivity index (χ2v) is 6.55. The Labute approximate surface area is 155 Å². The summed E-state index contributed by atoms with van der Waals surface area (Å²) in [5, 5.41) is 0. The molecule has 1 aliphatic rings. The molecule has 3 nitrogen and oxygen atoms in total. The first-order valence-corrected chi connectivity index (χ1v) is 8.42. The van der Waals surface area contributed by atoms with Crippen molar-refractivity contribution >= 4 is 12.0 Å². The smallest absolute Gasteiger partial charge is 0.430 e. The Morgan fingerprint density at radius 2 is 1.81 bits per heavy atom. The van der Waals surface area contributed by atoms with Crippen LogP contribution >= 0.6 is 0 Å². The second kappa shape index (κ2) is 7.10. The maximum absolute atomic E-state index is 13.4. The summed E-state index contributed by atoms with van der Waals surface area (Å²) in [7, 11) is 1.04. The van der Waals surface area contributed by atoms with Crippen molar-refractivity contribution in [1.82, 2.24) is 0 Å². The van der Waals surface area contributed by atoms with Crippen molar-refractivity contribution in [3.8, 4) is 5.75 Å². The number of fused-ring (bicyclic) bond motifs is 1. The van der Waals surface area contributed by atoms with Gasteiger partial charge in [-0.3, -0.25) is 0 Å². The fraction of sp³-hybridized carbons (Fsp3) is 0.286. The number of carbonyl (C=O) groups excluding carboxylic acids is 1. The number of aryl methyl sites for hydroxylation is 2.